The molecule has 1 amide bonds. The number of hydrogen-bond donors (Lipinski definition) is 0. The summed E-state index contributed by atoms with van der Waals surface area (Å²) in [6.45, 7) is 7.86. The fraction of sp³-hybridized carbons (Fsp3) is 0.538. The summed E-state index contributed by atoms with van der Waals surface area (Å²) in [4.78, 5) is 18.5. The van der Waals surface area contributed by atoms with Gasteiger partial charge < -0.3 is 4.90 Å². The number of allylic oxidation sites excluding steroid dienone is 5. The Bertz CT molecular complexity index is 1010. The van der Waals surface area contributed by atoms with E-state index in [9.17, 15) is 9.18 Å². The molecular formula is C26H31FN2O. The molecule has 0 saturated heterocycles. The topological polar surface area (TPSA) is 33.2 Å². The van der Waals surface area contributed by atoms with Crippen molar-refractivity contribution in [3.63, 3.8) is 0 Å². The molecule has 0 radical (unpaired) electrons. The molecule has 0 spiro atoms. The number of carbonyl (C=O) groups excluding carboxylic acids is 1. The Morgan fingerprint density at radius 2 is 1.97 bits per heavy atom. The van der Waals surface area contributed by atoms with Gasteiger partial charge in [0.05, 0.1) is 6.20 Å². The maximum absolute atomic E-state index is 13.9. The minimum absolute atomic E-state index is 0.0503. The molecule has 1 aromatic heterocycles. The number of hydrogen-bond acceptors (Lipinski definition) is 2. The molecular weight excluding hydrogens is 375 g/mol. The molecule has 5 atom stereocenters. The number of amides is 1. The van der Waals surface area contributed by atoms with E-state index >= 15 is 0 Å². The first kappa shape index (κ1) is 19.7. The number of pyridine rings is 1. The summed E-state index contributed by atoms with van der Waals surface area (Å²) in [5.41, 5.74) is 4.99. The lowest BCUT2D eigenvalue weighted by Gasteiger charge is -2.56. The number of nitrogens with zero attached hydrogens (tertiary/aromatic N) is 2. The lowest BCUT2D eigenvalue weighted by molar-refractivity contribution is -0.124. The van der Waals surface area contributed by atoms with Gasteiger partial charge >= 0.3 is 0 Å². The van der Waals surface area contributed by atoms with Gasteiger partial charge in [0.1, 0.15) is 5.82 Å². The van der Waals surface area contributed by atoms with Crippen molar-refractivity contribution in [3.8, 4) is 0 Å². The molecule has 3 aliphatic carbocycles. The van der Waals surface area contributed by atoms with Gasteiger partial charge in [-0.25, -0.2) is 4.39 Å². The first-order chi connectivity index (χ1) is 14.2. The molecule has 2 saturated carbocycles. The van der Waals surface area contributed by atoms with Gasteiger partial charge in [0.15, 0.2) is 0 Å². The zero-order valence-electron chi connectivity index (χ0n) is 18.4. The summed E-state index contributed by atoms with van der Waals surface area (Å²) in [5, 5.41) is 0. The summed E-state index contributed by atoms with van der Waals surface area (Å²) in [6.07, 6.45) is 13.9. The van der Waals surface area contributed by atoms with Crippen molar-refractivity contribution in [2.45, 2.75) is 46.5 Å². The van der Waals surface area contributed by atoms with Crippen LogP contribution < -0.4 is 0 Å². The van der Waals surface area contributed by atoms with E-state index in [1.807, 2.05) is 18.0 Å². The van der Waals surface area contributed by atoms with Crippen molar-refractivity contribution in [3.05, 3.63) is 59.2 Å². The van der Waals surface area contributed by atoms with Gasteiger partial charge in [0.2, 0.25) is 5.91 Å². The zero-order valence-corrected chi connectivity index (χ0v) is 18.4. The van der Waals surface area contributed by atoms with Crippen LogP contribution in [0.1, 0.15) is 52.0 Å². The molecule has 2 heterocycles. The molecule has 4 aliphatic rings. The third-order valence-electron chi connectivity index (χ3n) is 8.76. The normalized spacial score (nSPS) is 38.0. The molecule has 30 heavy (non-hydrogen) atoms. The van der Waals surface area contributed by atoms with Crippen molar-refractivity contribution in [2.75, 3.05) is 13.6 Å². The van der Waals surface area contributed by atoms with E-state index in [1.54, 1.807) is 12.3 Å². The fourth-order valence-electron chi connectivity index (χ4n) is 7.07. The van der Waals surface area contributed by atoms with Crippen LogP contribution in [0, 0.1) is 34.4 Å². The van der Waals surface area contributed by atoms with Gasteiger partial charge in [0, 0.05) is 31.3 Å². The fourth-order valence-corrected chi connectivity index (χ4v) is 7.07. The Morgan fingerprint density at radius 3 is 2.73 bits per heavy atom. The Labute approximate surface area is 178 Å². The third kappa shape index (κ3) is 2.68. The highest BCUT2D eigenvalue weighted by Crippen LogP contribution is 2.65. The molecule has 158 valence electrons. The largest absolute Gasteiger partial charge is 0.342 e. The standard InChI is InChI=1S/C26H31FN2O/c1-16-11-19-21-6-5-20(17-12-18(27)15-28-14-17)25(21,2)8-7-22(19)26(3)9-10-29(4)24(30)13-23(16)26/h5-6,12-16,19,22H,7-11H2,1-4H3/t16?,19?,22?,25-,26-/m1/s1. The van der Waals surface area contributed by atoms with Crippen LogP contribution in [0.5, 0.6) is 0 Å². The predicted molar refractivity (Wildman–Crippen MR) is 117 cm³/mol. The quantitative estimate of drug-likeness (QED) is 0.625. The summed E-state index contributed by atoms with van der Waals surface area (Å²) in [5.74, 6) is 1.34. The van der Waals surface area contributed by atoms with Crippen molar-refractivity contribution >= 4 is 11.5 Å². The molecule has 2 fully saturated rings. The smallest absolute Gasteiger partial charge is 0.246 e. The Hall–Kier alpha value is -2.23. The number of rotatable bonds is 1. The number of aromatic nitrogens is 1. The average molecular weight is 407 g/mol. The maximum Gasteiger partial charge on any atom is 0.246 e. The van der Waals surface area contributed by atoms with Crippen LogP contribution in [0.4, 0.5) is 4.39 Å². The Morgan fingerprint density at radius 1 is 1.17 bits per heavy atom. The molecule has 4 heteroatoms. The van der Waals surface area contributed by atoms with Crippen molar-refractivity contribution in [1.82, 2.24) is 9.88 Å². The number of halogens is 1. The minimum Gasteiger partial charge on any atom is -0.342 e. The maximum atomic E-state index is 13.9. The van der Waals surface area contributed by atoms with Crippen molar-refractivity contribution < 1.29 is 9.18 Å². The second-order valence-electron chi connectivity index (χ2n) is 10.3. The summed E-state index contributed by atoms with van der Waals surface area (Å²) < 4.78 is 13.9. The molecule has 5 rings (SSSR count). The van der Waals surface area contributed by atoms with Crippen LogP contribution in [-0.4, -0.2) is 29.4 Å². The summed E-state index contributed by atoms with van der Waals surface area (Å²) in [6, 6.07) is 1.62. The summed E-state index contributed by atoms with van der Waals surface area (Å²) >= 11 is 0. The van der Waals surface area contributed by atoms with E-state index in [-0.39, 0.29) is 22.6 Å². The molecule has 3 nitrogen and oxygen atoms in total. The minimum atomic E-state index is -0.278. The average Bonchev–Trinajstić information content (AvgIpc) is 3.01. The molecule has 1 aliphatic heterocycles. The van der Waals surface area contributed by atoms with Gasteiger partial charge in [0.25, 0.3) is 0 Å². The number of likely N-dealkylation sites (N-methyl/N-ethyl adjacent to an activating group) is 1. The predicted octanol–water partition coefficient (Wildman–Crippen LogP) is 5.41. The van der Waals surface area contributed by atoms with Gasteiger partial charge in [-0.15, -0.1) is 0 Å². The highest BCUT2D eigenvalue weighted by atomic mass is 19.1. The van der Waals surface area contributed by atoms with Gasteiger partial charge in [-0.3, -0.25) is 9.78 Å². The first-order valence-electron chi connectivity index (χ1n) is 11.2. The van der Waals surface area contributed by atoms with Gasteiger partial charge in [-0.05, 0) is 66.1 Å². The third-order valence-corrected chi connectivity index (χ3v) is 8.76. The van der Waals surface area contributed by atoms with Crippen molar-refractivity contribution in [2.24, 2.45) is 28.6 Å². The molecule has 0 aromatic carbocycles. The second-order valence-corrected chi connectivity index (χ2v) is 10.3. The van der Waals surface area contributed by atoms with E-state index in [1.165, 1.54) is 22.9 Å². The lowest BCUT2D eigenvalue weighted by Crippen LogP contribution is -2.48. The van der Waals surface area contributed by atoms with Gasteiger partial charge in [-0.1, -0.05) is 44.1 Å². The molecule has 0 N–H and O–H groups in total. The molecule has 1 aromatic rings. The summed E-state index contributed by atoms with van der Waals surface area (Å²) in [7, 11) is 1.92. The Balaban J connectivity index is 1.52. The first-order valence-corrected chi connectivity index (χ1v) is 11.2. The van der Waals surface area contributed by atoms with E-state index in [0.717, 1.165) is 37.8 Å². The van der Waals surface area contributed by atoms with E-state index in [4.69, 9.17) is 0 Å². The van der Waals surface area contributed by atoms with Crippen LogP contribution >= 0.6 is 0 Å². The zero-order chi connectivity index (χ0) is 21.3. The highest BCUT2D eigenvalue weighted by Gasteiger charge is 2.55. The van der Waals surface area contributed by atoms with Gasteiger partial charge in [-0.2, -0.15) is 0 Å². The monoisotopic (exact) mass is 406 g/mol. The highest BCUT2D eigenvalue weighted by molar-refractivity contribution is 5.89. The molecule has 3 unspecified atom stereocenters. The van der Waals surface area contributed by atoms with Crippen LogP contribution in [0.25, 0.3) is 5.57 Å². The second kappa shape index (κ2) is 6.63. The number of fused-ring (bicyclic) bond motifs is 5. The Kier molecular flexibility index (Phi) is 4.36. The SMILES string of the molecule is CC1CC2C3=CC=C(c4cncc(F)c4)[C@@]3(C)CCC2[C@@]2(C)CCN(C)C(=O)C=C12. The van der Waals surface area contributed by atoms with Crippen molar-refractivity contribution in [1.29, 1.82) is 0 Å². The molecule has 0 bridgehead atoms. The van der Waals surface area contributed by atoms with Crippen LogP contribution in [0.3, 0.4) is 0 Å². The van der Waals surface area contributed by atoms with E-state index < -0.39 is 0 Å². The van der Waals surface area contributed by atoms with Crippen LogP contribution in [0.15, 0.2) is 47.8 Å². The lowest BCUT2D eigenvalue weighted by atomic mass is 9.47. The van der Waals surface area contributed by atoms with Crippen LogP contribution in [0.2, 0.25) is 0 Å². The van der Waals surface area contributed by atoms with E-state index in [2.05, 4.69) is 37.9 Å². The van der Waals surface area contributed by atoms with E-state index in [0.29, 0.717) is 17.8 Å². The number of carbonyl (C=O) groups is 1. The van der Waals surface area contributed by atoms with Crippen LogP contribution in [-0.2, 0) is 4.79 Å².